The summed E-state index contributed by atoms with van der Waals surface area (Å²) in [5.74, 6) is -0.745. The van der Waals surface area contributed by atoms with Gasteiger partial charge in [-0.05, 0) is 24.6 Å². The van der Waals surface area contributed by atoms with Crippen LogP contribution in [0.15, 0.2) is 66.9 Å². The first-order chi connectivity index (χ1) is 14.0. The maximum absolute atomic E-state index is 12.6. The molecule has 0 saturated carbocycles. The van der Waals surface area contributed by atoms with Gasteiger partial charge in [0.1, 0.15) is 0 Å². The number of para-hydroxylation sites is 1. The van der Waals surface area contributed by atoms with Crippen molar-refractivity contribution in [3.63, 3.8) is 0 Å². The summed E-state index contributed by atoms with van der Waals surface area (Å²) in [4.78, 5) is 26.7. The number of benzene rings is 2. The van der Waals surface area contributed by atoms with Crippen molar-refractivity contribution in [2.75, 3.05) is 14.2 Å². The Bertz CT molecular complexity index is 970. The van der Waals surface area contributed by atoms with E-state index in [-0.39, 0.29) is 17.4 Å². The summed E-state index contributed by atoms with van der Waals surface area (Å²) in [5.41, 5.74) is 1.78. The lowest BCUT2D eigenvalue weighted by molar-refractivity contribution is -0.139. The minimum absolute atomic E-state index is 0.0155. The highest BCUT2D eigenvalue weighted by molar-refractivity contribution is 5.92. The van der Waals surface area contributed by atoms with Crippen LogP contribution in [-0.2, 0) is 16.1 Å². The third-order valence-electron chi connectivity index (χ3n) is 4.39. The van der Waals surface area contributed by atoms with Crippen LogP contribution >= 0.6 is 0 Å². The first-order valence-electron chi connectivity index (χ1n) is 9.18. The Morgan fingerprint density at radius 2 is 1.69 bits per heavy atom. The van der Waals surface area contributed by atoms with Gasteiger partial charge in [-0.15, -0.1) is 0 Å². The van der Waals surface area contributed by atoms with Gasteiger partial charge in [0.2, 0.25) is 5.69 Å². The Balaban J connectivity index is 1.69. The largest absolute Gasteiger partial charge is 0.493 e. The van der Waals surface area contributed by atoms with E-state index >= 15 is 0 Å². The molecule has 0 bridgehead atoms. The summed E-state index contributed by atoms with van der Waals surface area (Å²) >= 11 is 0. The van der Waals surface area contributed by atoms with Crippen molar-refractivity contribution in [3.8, 4) is 11.4 Å². The van der Waals surface area contributed by atoms with Gasteiger partial charge in [0.05, 0.1) is 19.0 Å². The molecule has 1 amide bonds. The Kier molecular flexibility index (Phi) is 6.29. The number of methoxy groups -OCH3 is 1. The highest BCUT2D eigenvalue weighted by Crippen LogP contribution is 2.21. The van der Waals surface area contributed by atoms with E-state index in [1.54, 1.807) is 20.2 Å². The smallest absolute Gasteiger partial charge is 0.363 e. The predicted molar refractivity (Wildman–Crippen MR) is 108 cm³/mol. The van der Waals surface area contributed by atoms with E-state index < -0.39 is 12.1 Å². The van der Waals surface area contributed by atoms with Crippen LogP contribution in [0.3, 0.4) is 0 Å². The van der Waals surface area contributed by atoms with Gasteiger partial charge >= 0.3 is 5.97 Å². The van der Waals surface area contributed by atoms with Gasteiger partial charge < -0.3 is 14.4 Å². The average molecular weight is 393 g/mol. The summed E-state index contributed by atoms with van der Waals surface area (Å²) < 4.78 is 12.2. The summed E-state index contributed by atoms with van der Waals surface area (Å²) in [7, 11) is 3.12. The third-order valence-corrected chi connectivity index (χ3v) is 4.39. The number of carbonyl (C=O) groups is 2. The van der Waals surface area contributed by atoms with Crippen molar-refractivity contribution >= 4 is 11.9 Å². The molecular formula is C22H23N3O4. The second kappa shape index (κ2) is 9.05. The molecule has 0 saturated heterocycles. The van der Waals surface area contributed by atoms with Crippen molar-refractivity contribution < 1.29 is 19.1 Å². The zero-order valence-electron chi connectivity index (χ0n) is 16.6. The lowest BCUT2D eigenvalue weighted by Gasteiger charge is -2.21. The van der Waals surface area contributed by atoms with Crippen LogP contribution in [0.5, 0.6) is 5.75 Å². The molecule has 0 radical (unpaired) electrons. The quantitative estimate of drug-likeness (QED) is 0.577. The van der Waals surface area contributed by atoms with Crippen LogP contribution in [0.1, 0.15) is 23.0 Å². The number of rotatable bonds is 7. The molecule has 0 N–H and O–H groups in total. The number of aromatic nitrogens is 2. The number of ether oxygens (including phenoxy) is 2. The first-order valence-corrected chi connectivity index (χ1v) is 9.18. The fourth-order valence-corrected chi connectivity index (χ4v) is 2.87. The van der Waals surface area contributed by atoms with Gasteiger partial charge in [0.15, 0.2) is 11.9 Å². The van der Waals surface area contributed by atoms with E-state index in [9.17, 15) is 9.59 Å². The molecule has 1 heterocycles. The molecular weight excluding hydrogens is 370 g/mol. The second-order valence-corrected chi connectivity index (χ2v) is 6.55. The van der Waals surface area contributed by atoms with Gasteiger partial charge in [-0.3, -0.25) is 4.79 Å². The van der Waals surface area contributed by atoms with Crippen LogP contribution in [0.25, 0.3) is 5.69 Å². The number of likely N-dealkylation sites (N-methyl/N-ethyl adjacent to an activating group) is 1. The number of amides is 1. The van der Waals surface area contributed by atoms with Crippen molar-refractivity contribution in [1.82, 2.24) is 14.7 Å². The lowest BCUT2D eigenvalue weighted by atomic mass is 10.2. The molecule has 3 aromatic rings. The van der Waals surface area contributed by atoms with E-state index in [1.807, 2.05) is 60.7 Å². The van der Waals surface area contributed by atoms with E-state index in [0.29, 0.717) is 6.54 Å². The molecule has 3 rings (SSSR count). The zero-order valence-corrected chi connectivity index (χ0v) is 16.6. The average Bonchev–Trinajstić information content (AvgIpc) is 3.19. The molecule has 7 heteroatoms. The maximum Gasteiger partial charge on any atom is 0.363 e. The second-order valence-electron chi connectivity index (χ2n) is 6.55. The van der Waals surface area contributed by atoms with E-state index in [0.717, 1.165) is 11.3 Å². The predicted octanol–water partition coefficient (Wildman–Crippen LogP) is 3.08. The molecule has 0 fully saturated rings. The highest BCUT2D eigenvalue weighted by atomic mass is 16.6. The van der Waals surface area contributed by atoms with Crippen LogP contribution in [0.4, 0.5) is 0 Å². The van der Waals surface area contributed by atoms with Crippen molar-refractivity contribution in [2.45, 2.75) is 19.6 Å². The molecule has 1 atom stereocenters. The van der Waals surface area contributed by atoms with Crippen LogP contribution in [0.2, 0.25) is 0 Å². The van der Waals surface area contributed by atoms with Gasteiger partial charge in [-0.2, -0.15) is 5.10 Å². The summed E-state index contributed by atoms with van der Waals surface area (Å²) in [6, 6.07) is 18.9. The molecule has 7 nitrogen and oxygen atoms in total. The summed E-state index contributed by atoms with van der Waals surface area (Å²) in [6.07, 6.45) is 0.641. The molecule has 2 aromatic carbocycles. The number of esters is 1. The van der Waals surface area contributed by atoms with Crippen LogP contribution in [-0.4, -0.2) is 46.8 Å². The first kappa shape index (κ1) is 20.1. The van der Waals surface area contributed by atoms with Crippen molar-refractivity contribution in [1.29, 1.82) is 0 Å². The minimum Gasteiger partial charge on any atom is -0.493 e. The minimum atomic E-state index is -0.956. The molecule has 0 aliphatic heterocycles. The molecule has 0 spiro atoms. The third kappa shape index (κ3) is 4.82. The van der Waals surface area contributed by atoms with Gasteiger partial charge in [-0.1, -0.05) is 48.5 Å². The van der Waals surface area contributed by atoms with Crippen LogP contribution < -0.4 is 4.74 Å². The SMILES string of the molecule is COc1cn(-c2ccccc2)nc1C(=O)O[C@@H](C)C(=O)N(C)Cc1ccccc1. The maximum atomic E-state index is 12.6. The van der Waals surface area contributed by atoms with E-state index in [4.69, 9.17) is 9.47 Å². The summed E-state index contributed by atoms with van der Waals surface area (Å²) in [5, 5.41) is 4.27. The van der Waals surface area contributed by atoms with E-state index in [2.05, 4.69) is 5.10 Å². The van der Waals surface area contributed by atoms with Gasteiger partial charge in [0.25, 0.3) is 5.91 Å². The molecule has 0 aliphatic rings. The number of nitrogens with zero attached hydrogens (tertiary/aromatic N) is 3. The molecule has 0 aliphatic carbocycles. The Labute approximate surface area is 169 Å². The highest BCUT2D eigenvalue weighted by Gasteiger charge is 2.26. The Hall–Kier alpha value is -3.61. The lowest BCUT2D eigenvalue weighted by Crippen LogP contribution is -2.37. The normalized spacial score (nSPS) is 11.6. The molecule has 150 valence electrons. The zero-order chi connectivity index (χ0) is 20.8. The number of carbonyl (C=O) groups excluding carboxylic acids is 2. The fourth-order valence-electron chi connectivity index (χ4n) is 2.87. The summed E-state index contributed by atoms with van der Waals surface area (Å²) in [6.45, 7) is 1.97. The van der Waals surface area contributed by atoms with E-state index in [1.165, 1.54) is 16.7 Å². The monoisotopic (exact) mass is 393 g/mol. The molecule has 29 heavy (non-hydrogen) atoms. The standard InChI is InChI=1S/C22H23N3O4/c1-16(21(26)24(2)14-17-10-6-4-7-11-17)29-22(27)20-19(28-3)15-25(23-20)18-12-8-5-9-13-18/h4-13,15-16H,14H2,1-3H3/t16-/m0/s1. The Morgan fingerprint density at radius 3 is 2.31 bits per heavy atom. The van der Waals surface area contributed by atoms with Gasteiger partial charge in [-0.25, -0.2) is 9.48 Å². The van der Waals surface area contributed by atoms with Crippen molar-refractivity contribution in [2.24, 2.45) is 0 Å². The molecule has 0 unspecified atom stereocenters. The number of hydrogen-bond donors (Lipinski definition) is 0. The fraction of sp³-hybridized carbons (Fsp3) is 0.227. The molecule has 1 aromatic heterocycles. The Morgan fingerprint density at radius 1 is 1.07 bits per heavy atom. The van der Waals surface area contributed by atoms with Crippen molar-refractivity contribution in [3.05, 3.63) is 78.1 Å². The number of hydrogen-bond acceptors (Lipinski definition) is 5. The topological polar surface area (TPSA) is 73.7 Å². The van der Waals surface area contributed by atoms with Crippen LogP contribution in [0, 0.1) is 0 Å². The van der Waals surface area contributed by atoms with Gasteiger partial charge in [0, 0.05) is 13.6 Å².